The number of hydrogen-bond donors (Lipinski definition) is 0. The summed E-state index contributed by atoms with van der Waals surface area (Å²) in [5, 5.41) is 0.573. The molecule has 0 aromatic heterocycles. The molecule has 0 fully saturated rings. The molecule has 10 heavy (non-hydrogen) atoms. The van der Waals surface area contributed by atoms with Crippen molar-refractivity contribution in [1.82, 2.24) is 0 Å². The Hall–Kier alpha value is -0.340. The second-order valence-corrected chi connectivity index (χ2v) is 3.64. The maximum absolute atomic E-state index is 10.9. The fourth-order valence-corrected chi connectivity index (χ4v) is 1.75. The molecule has 0 N–H and O–H groups in total. The predicted molar refractivity (Wildman–Crippen MR) is 43.8 cm³/mol. The van der Waals surface area contributed by atoms with Gasteiger partial charge in [0.1, 0.15) is 0 Å². The molecule has 1 unspecified atom stereocenters. The van der Waals surface area contributed by atoms with E-state index in [1.165, 1.54) is 0 Å². The van der Waals surface area contributed by atoms with Crippen molar-refractivity contribution in [1.29, 1.82) is 0 Å². The van der Waals surface area contributed by atoms with Gasteiger partial charge >= 0.3 is 0 Å². The zero-order chi connectivity index (χ0) is 7.56. The van der Waals surface area contributed by atoms with Crippen molar-refractivity contribution in [2.45, 2.75) is 4.90 Å². The van der Waals surface area contributed by atoms with Gasteiger partial charge in [0.15, 0.2) is 0 Å². The van der Waals surface area contributed by atoms with Crippen molar-refractivity contribution >= 4 is 22.4 Å². The van der Waals surface area contributed by atoms with Crippen LogP contribution >= 0.6 is 11.6 Å². The van der Waals surface area contributed by atoms with Crippen molar-refractivity contribution in [2.24, 2.45) is 0 Å². The van der Waals surface area contributed by atoms with Gasteiger partial charge < -0.3 is 0 Å². The summed E-state index contributed by atoms with van der Waals surface area (Å²) in [6, 6.07) is 7.14. The van der Waals surface area contributed by atoms with Gasteiger partial charge in [-0.25, -0.2) is 0 Å². The molecule has 0 radical (unpaired) electrons. The van der Waals surface area contributed by atoms with E-state index >= 15 is 0 Å². The highest BCUT2D eigenvalue weighted by molar-refractivity contribution is 7.84. The average molecular weight is 175 g/mol. The van der Waals surface area contributed by atoms with E-state index in [4.69, 9.17) is 11.6 Å². The van der Waals surface area contributed by atoms with Gasteiger partial charge in [0.25, 0.3) is 0 Å². The zero-order valence-electron chi connectivity index (χ0n) is 5.50. The molecule has 1 nitrogen and oxygen atoms in total. The van der Waals surface area contributed by atoms with E-state index in [-0.39, 0.29) is 0 Å². The van der Waals surface area contributed by atoms with Crippen LogP contribution in [-0.2, 0) is 10.8 Å². The maximum Gasteiger partial charge on any atom is 0.0571 e. The van der Waals surface area contributed by atoms with Crippen LogP contribution < -0.4 is 0 Å². The molecular weight excluding hydrogens is 168 g/mol. The van der Waals surface area contributed by atoms with Crippen molar-refractivity contribution in [3.63, 3.8) is 0 Å². The van der Waals surface area contributed by atoms with Crippen molar-refractivity contribution in [3.05, 3.63) is 29.3 Å². The molecule has 0 amide bonds. The number of halogens is 1. The van der Waals surface area contributed by atoms with Gasteiger partial charge in [0.05, 0.1) is 20.7 Å². The Balaban J connectivity index is 3.15. The Morgan fingerprint density at radius 2 is 2.00 bits per heavy atom. The molecule has 0 aliphatic heterocycles. The van der Waals surface area contributed by atoms with Crippen LogP contribution in [0.2, 0.25) is 5.02 Å². The minimum Gasteiger partial charge on any atom is -0.255 e. The van der Waals surface area contributed by atoms with Crippen LogP contribution in [0.4, 0.5) is 0 Å². The molecule has 0 aliphatic carbocycles. The van der Waals surface area contributed by atoms with Crippen LogP contribution in [0.3, 0.4) is 0 Å². The molecule has 0 aliphatic rings. The van der Waals surface area contributed by atoms with E-state index in [1.54, 1.807) is 18.4 Å². The fourth-order valence-electron chi connectivity index (χ4n) is 0.678. The van der Waals surface area contributed by atoms with Gasteiger partial charge in [0.2, 0.25) is 0 Å². The third-order valence-corrected chi connectivity index (χ3v) is 2.56. The molecule has 0 bridgehead atoms. The first kappa shape index (κ1) is 7.76. The molecule has 1 rings (SSSR count). The minimum atomic E-state index is -0.972. The Bertz CT molecular complexity index is 260. The normalized spacial score (nSPS) is 13.0. The molecular formula is C7H7ClOS. The number of rotatable bonds is 1. The lowest BCUT2D eigenvalue weighted by Gasteiger charge is -1.96. The average Bonchev–Trinajstić information content (AvgIpc) is 1.88. The van der Waals surface area contributed by atoms with Crippen LogP contribution in [0.25, 0.3) is 0 Å². The highest BCUT2D eigenvalue weighted by atomic mass is 35.5. The molecule has 3 heteroatoms. The van der Waals surface area contributed by atoms with E-state index in [0.29, 0.717) is 9.92 Å². The van der Waals surface area contributed by atoms with Crippen molar-refractivity contribution < 1.29 is 4.21 Å². The van der Waals surface area contributed by atoms with E-state index in [2.05, 4.69) is 0 Å². The molecule has 54 valence electrons. The first-order chi connectivity index (χ1) is 4.72. The first-order valence-electron chi connectivity index (χ1n) is 2.80. The SMILES string of the molecule is CS(=O)c1ccccc1Cl. The lowest BCUT2D eigenvalue weighted by molar-refractivity contribution is 0.687. The van der Waals surface area contributed by atoms with Crippen molar-refractivity contribution in [3.8, 4) is 0 Å². The summed E-state index contributed by atoms with van der Waals surface area (Å²) in [7, 11) is -0.972. The van der Waals surface area contributed by atoms with E-state index < -0.39 is 10.8 Å². The number of hydrogen-bond acceptors (Lipinski definition) is 1. The van der Waals surface area contributed by atoms with Crippen LogP contribution in [0.5, 0.6) is 0 Å². The van der Waals surface area contributed by atoms with Gasteiger partial charge in [-0.15, -0.1) is 0 Å². The molecule has 0 saturated heterocycles. The highest BCUT2D eigenvalue weighted by Crippen LogP contribution is 2.17. The Labute approximate surface area is 67.5 Å². The molecule has 0 heterocycles. The maximum atomic E-state index is 10.9. The van der Waals surface area contributed by atoms with Crippen LogP contribution in [0.1, 0.15) is 0 Å². The zero-order valence-corrected chi connectivity index (χ0v) is 7.08. The van der Waals surface area contributed by atoms with Gasteiger partial charge in [-0.3, -0.25) is 4.21 Å². The lowest BCUT2D eigenvalue weighted by atomic mass is 10.4. The van der Waals surface area contributed by atoms with Gasteiger partial charge in [0, 0.05) is 6.26 Å². The monoisotopic (exact) mass is 174 g/mol. The highest BCUT2D eigenvalue weighted by Gasteiger charge is 2.00. The first-order valence-corrected chi connectivity index (χ1v) is 4.73. The van der Waals surface area contributed by atoms with Crippen LogP contribution in [0.15, 0.2) is 29.2 Å². The lowest BCUT2D eigenvalue weighted by Crippen LogP contribution is -1.86. The largest absolute Gasteiger partial charge is 0.255 e. The molecule has 0 saturated carbocycles. The Kier molecular flexibility index (Phi) is 2.46. The summed E-state index contributed by atoms with van der Waals surface area (Å²) in [5.74, 6) is 0. The predicted octanol–water partition coefficient (Wildman–Crippen LogP) is 2.08. The molecule has 1 aromatic carbocycles. The smallest absolute Gasteiger partial charge is 0.0571 e. The van der Waals surface area contributed by atoms with Gasteiger partial charge in [-0.05, 0) is 12.1 Å². The van der Waals surface area contributed by atoms with E-state index in [0.717, 1.165) is 0 Å². The second kappa shape index (κ2) is 3.17. The minimum absolute atomic E-state index is 0.573. The third-order valence-electron chi connectivity index (χ3n) is 1.15. The molecule has 1 atom stereocenters. The van der Waals surface area contributed by atoms with Gasteiger partial charge in [-0.2, -0.15) is 0 Å². The Morgan fingerprint density at radius 1 is 1.40 bits per heavy atom. The fraction of sp³-hybridized carbons (Fsp3) is 0.143. The topological polar surface area (TPSA) is 17.1 Å². The summed E-state index contributed by atoms with van der Waals surface area (Å²) >= 11 is 5.73. The summed E-state index contributed by atoms with van der Waals surface area (Å²) in [6.07, 6.45) is 1.61. The van der Waals surface area contributed by atoms with Crippen molar-refractivity contribution in [2.75, 3.05) is 6.26 Å². The quantitative estimate of drug-likeness (QED) is 0.637. The molecule has 1 aromatic rings. The summed E-state index contributed by atoms with van der Waals surface area (Å²) < 4.78 is 10.9. The molecule has 0 spiro atoms. The second-order valence-electron chi connectivity index (χ2n) is 1.88. The third kappa shape index (κ3) is 1.58. The van der Waals surface area contributed by atoms with Gasteiger partial charge in [-0.1, -0.05) is 23.7 Å². The van der Waals surface area contributed by atoms with E-state index in [1.807, 2.05) is 12.1 Å². The van der Waals surface area contributed by atoms with Crippen LogP contribution in [-0.4, -0.2) is 10.5 Å². The summed E-state index contributed by atoms with van der Waals surface area (Å²) in [5.41, 5.74) is 0. The summed E-state index contributed by atoms with van der Waals surface area (Å²) in [4.78, 5) is 0.698. The summed E-state index contributed by atoms with van der Waals surface area (Å²) in [6.45, 7) is 0. The number of benzene rings is 1. The Morgan fingerprint density at radius 3 is 2.40 bits per heavy atom. The van der Waals surface area contributed by atoms with Crippen LogP contribution in [0, 0.1) is 0 Å². The van der Waals surface area contributed by atoms with E-state index in [9.17, 15) is 4.21 Å². The standard InChI is InChI=1S/C7H7ClOS/c1-10(9)7-5-3-2-4-6(7)8/h2-5H,1H3.